The maximum absolute atomic E-state index is 6.36. The first-order chi connectivity index (χ1) is 12.5. The van der Waals surface area contributed by atoms with Gasteiger partial charge in [-0.3, -0.25) is 9.80 Å². The number of ether oxygens (including phenoxy) is 1. The highest BCUT2D eigenvalue weighted by molar-refractivity contribution is 5.28. The molecule has 1 heterocycles. The smallest absolute Gasteiger partial charge is 0.0875 e. The first-order valence-corrected chi connectivity index (χ1v) is 10.8. The van der Waals surface area contributed by atoms with Crippen LogP contribution in [0.2, 0.25) is 0 Å². The van der Waals surface area contributed by atoms with Crippen LogP contribution in [-0.2, 0) is 10.3 Å². The van der Waals surface area contributed by atoms with E-state index in [-0.39, 0.29) is 11.1 Å². The average molecular weight is 375 g/mol. The van der Waals surface area contributed by atoms with E-state index in [0.29, 0.717) is 12.0 Å². The normalized spacial score (nSPS) is 17.9. The van der Waals surface area contributed by atoms with E-state index in [1.165, 1.54) is 24.2 Å². The van der Waals surface area contributed by atoms with Gasteiger partial charge in [-0.2, -0.15) is 0 Å². The van der Waals surface area contributed by atoms with E-state index in [0.717, 1.165) is 26.1 Å². The second-order valence-corrected chi connectivity index (χ2v) is 9.81. The Morgan fingerprint density at radius 1 is 0.889 bits per heavy atom. The zero-order valence-corrected chi connectivity index (χ0v) is 19.0. The summed E-state index contributed by atoms with van der Waals surface area (Å²) in [5, 5.41) is 0. The van der Waals surface area contributed by atoms with Gasteiger partial charge in [-0.05, 0) is 65.0 Å². The van der Waals surface area contributed by atoms with Gasteiger partial charge in [0.2, 0.25) is 0 Å². The summed E-state index contributed by atoms with van der Waals surface area (Å²) in [6.07, 6.45) is 1.06. The zero-order chi connectivity index (χ0) is 20.2. The van der Waals surface area contributed by atoms with Crippen LogP contribution in [0.25, 0.3) is 0 Å². The number of hydrogen-bond donors (Lipinski definition) is 0. The molecular weight excluding hydrogens is 332 g/mol. The van der Waals surface area contributed by atoms with Gasteiger partial charge in [0.15, 0.2) is 0 Å². The van der Waals surface area contributed by atoms with Gasteiger partial charge in [-0.25, -0.2) is 0 Å². The summed E-state index contributed by atoms with van der Waals surface area (Å²) in [6, 6.07) is 9.59. The van der Waals surface area contributed by atoms with Crippen LogP contribution < -0.4 is 0 Å². The molecule has 1 aromatic carbocycles. The minimum absolute atomic E-state index is 0.181. The summed E-state index contributed by atoms with van der Waals surface area (Å²) in [6.45, 7) is 23.6. The molecule has 0 unspecified atom stereocenters. The summed E-state index contributed by atoms with van der Waals surface area (Å²) < 4.78 is 6.36. The standard InChI is InChI=1S/C24H42N2O/c1-19(2)21-9-11-22(12-10-21)24(7,8)27-18-13-23(5,6)26-16-14-25(15-17-26)20(3)4/h9-12,19-20H,13-18H2,1-8H3. The first-order valence-electron chi connectivity index (χ1n) is 10.8. The molecule has 0 radical (unpaired) electrons. The van der Waals surface area contributed by atoms with Crippen LogP contribution in [0.15, 0.2) is 24.3 Å². The fourth-order valence-electron chi connectivity index (χ4n) is 3.91. The minimum Gasteiger partial charge on any atom is -0.371 e. The van der Waals surface area contributed by atoms with Crippen LogP contribution in [0.5, 0.6) is 0 Å². The van der Waals surface area contributed by atoms with Crippen molar-refractivity contribution in [2.24, 2.45) is 0 Å². The quantitative estimate of drug-likeness (QED) is 0.617. The number of hydrogen-bond acceptors (Lipinski definition) is 3. The van der Waals surface area contributed by atoms with Crippen molar-refractivity contribution in [3.8, 4) is 0 Å². The van der Waals surface area contributed by atoms with E-state index in [2.05, 4.69) is 89.5 Å². The molecule has 1 aliphatic heterocycles. The minimum atomic E-state index is -0.248. The molecule has 3 nitrogen and oxygen atoms in total. The molecule has 0 saturated carbocycles. The molecule has 3 heteroatoms. The van der Waals surface area contributed by atoms with E-state index >= 15 is 0 Å². The van der Waals surface area contributed by atoms with Gasteiger partial charge in [-0.15, -0.1) is 0 Å². The van der Waals surface area contributed by atoms with Crippen molar-refractivity contribution >= 4 is 0 Å². The molecule has 0 amide bonds. The lowest BCUT2D eigenvalue weighted by Crippen LogP contribution is -2.56. The Morgan fingerprint density at radius 3 is 1.93 bits per heavy atom. The lowest BCUT2D eigenvalue weighted by Gasteiger charge is -2.45. The largest absolute Gasteiger partial charge is 0.371 e. The molecule has 0 aromatic heterocycles. The fraction of sp³-hybridized carbons (Fsp3) is 0.750. The van der Waals surface area contributed by atoms with E-state index in [1.54, 1.807) is 0 Å². The van der Waals surface area contributed by atoms with Crippen LogP contribution in [0, 0.1) is 0 Å². The Hall–Kier alpha value is -0.900. The highest BCUT2D eigenvalue weighted by Gasteiger charge is 2.31. The number of benzene rings is 1. The second kappa shape index (κ2) is 9.07. The Balaban J connectivity index is 1.86. The zero-order valence-electron chi connectivity index (χ0n) is 19.0. The molecule has 154 valence electrons. The molecule has 0 bridgehead atoms. The Morgan fingerprint density at radius 2 is 1.44 bits per heavy atom. The van der Waals surface area contributed by atoms with Crippen molar-refractivity contribution in [1.29, 1.82) is 0 Å². The molecular formula is C24H42N2O. The highest BCUT2D eigenvalue weighted by atomic mass is 16.5. The fourth-order valence-corrected chi connectivity index (χ4v) is 3.91. The molecule has 1 fully saturated rings. The predicted molar refractivity (Wildman–Crippen MR) is 116 cm³/mol. The lowest BCUT2D eigenvalue weighted by molar-refractivity contribution is -0.0460. The summed E-state index contributed by atoms with van der Waals surface area (Å²) >= 11 is 0. The Bertz CT molecular complexity index is 567. The van der Waals surface area contributed by atoms with E-state index in [1.807, 2.05) is 0 Å². The van der Waals surface area contributed by atoms with Crippen LogP contribution in [-0.4, -0.2) is 54.2 Å². The van der Waals surface area contributed by atoms with Gasteiger partial charge in [0.25, 0.3) is 0 Å². The predicted octanol–water partition coefficient (Wildman–Crippen LogP) is 5.26. The monoisotopic (exact) mass is 374 g/mol. The van der Waals surface area contributed by atoms with E-state index in [9.17, 15) is 0 Å². The molecule has 0 N–H and O–H groups in total. The summed E-state index contributed by atoms with van der Waals surface area (Å²) in [4.78, 5) is 5.21. The maximum Gasteiger partial charge on any atom is 0.0875 e. The van der Waals surface area contributed by atoms with Crippen molar-refractivity contribution in [2.75, 3.05) is 32.8 Å². The SMILES string of the molecule is CC(C)c1ccc(C(C)(C)OCCC(C)(C)N2CCN(C(C)C)CC2)cc1. The Kier molecular flexibility index (Phi) is 7.52. The summed E-state index contributed by atoms with van der Waals surface area (Å²) in [5.74, 6) is 0.569. The van der Waals surface area contributed by atoms with Crippen molar-refractivity contribution < 1.29 is 4.74 Å². The third kappa shape index (κ3) is 6.04. The summed E-state index contributed by atoms with van der Waals surface area (Å²) in [5.41, 5.74) is 2.58. The molecule has 2 rings (SSSR count). The molecule has 1 aromatic rings. The molecule has 0 atom stereocenters. The highest BCUT2D eigenvalue weighted by Crippen LogP contribution is 2.28. The van der Waals surface area contributed by atoms with E-state index < -0.39 is 0 Å². The van der Waals surface area contributed by atoms with E-state index in [4.69, 9.17) is 4.74 Å². The number of nitrogens with zero attached hydrogens (tertiary/aromatic N) is 2. The van der Waals surface area contributed by atoms with Crippen molar-refractivity contribution in [3.05, 3.63) is 35.4 Å². The average Bonchev–Trinajstić information content (AvgIpc) is 2.61. The number of piperazine rings is 1. The molecule has 0 aliphatic carbocycles. The lowest BCUT2D eigenvalue weighted by atomic mass is 9.93. The van der Waals surface area contributed by atoms with Crippen LogP contribution >= 0.6 is 0 Å². The van der Waals surface area contributed by atoms with Crippen LogP contribution in [0.4, 0.5) is 0 Å². The maximum atomic E-state index is 6.36. The summed E-state index contributed by atoms with van der Waals surface area (Å²) in [7, 11) is 0. The van der Waals surface area contributed by atoms with Gasteiger partial charge < -0.3 is 4.74 Å². The van der Waals surface area contributed by atoms with Crippen LogP contribution in [0.3, 0.4) is 0 Å². The second-order valence-electron chi connectivity index (χ2n) is 9.81. The molecule has 1 saturated heterocycles. The van der Waals surface area contributed by atoms with Gasteiger partial charge in [0.05, 0.1) is 5.60 Å². The Labute approximate surface area is 168 Å². The van der Waals surface area contributed by atoms with Crippen molar-refractivity contribution in [1.82, 2.24) is 9.80 Å². The van der Waals surface area contributed by atoms with Gasteiger partial charge in [-0.1, -0.05) is 38.1 Å². The molecule has 1 aliphatic rings. The van der Waals surface area contributed by atoms with Gasteiger partial charge >= 0.3 is 0 Å². The third-order valence-corrected chi connectivity index (χ3v) is 6.35. The van der Waals surface area contributed by atoms with Gasteiger partial charge in [0.1, 0.15) is 0 Å². The number of rotatable bonds is 8. The topological polar surface area (TPSA) is 15.7 Å². The first kappa shape index (κ1) is 22.4. The van der Waals surface area contributed by atoms with Crippen LogP contribution in [0.1, 0.15) is 78.9 Å². The van der Waals surface area contributed by atoms with Gasteiger partial charge in [0, 0.05) is 44.4 Å². The third-order valence-electron chi connectivity index (χ3n) is 6.35. The van der Waals surface area contributed by atoms with Crippen molar-refractivity contribution in [3.63, 3.8) is 0 Å². The molecule has 27 heavy (non-hydrogen) atoms. The van der Waals surface area contributed by atoms with Crippen molar-refractivity contribution in [2.45, 2.75) is 84.9 Å². The molecule has 0 spiro atoms.